The van der Waals surface area contributed by atoms with Crippen molar-refractivity contribution in [1.29, 1.82) is 0 Å². The number of carbonyl (C=O) groups is 2. The number of nitrogens with zero attached hydrogens (tertiary/aromatic N) is 2. The lowest BCUT2D eigenvalue weighted by Gasteiger charge is -2.31. The Labute approximate surface area is 210 Å². The van der Waals surface area contributed by atoms with Crippen molar-refractivity contribution >= 4 is 17.4 Å². The predicted octanol–water partition coefficient (Wildman–Crippen LogP) is 2.86. The average Bonchev–Trinajstić information content (AvgIpc) is 3.17. The number of rotatable bonds is 9. The number of aliphatic hydroxyl groups excluding tert-OH is 1. The molecule has 2 fully saturated rings. The molecule has 2 aliphatic rings. The third kappa shape index (κ3) is 5.17. The Balaban J connectivity index is 1.75. The van der Waals surface area contributed by atoms with Gasteiger partial charge >= 0.3 is 0 Å². The Kier molecular flexibility index (Phi) is 8.12. The summed E-state index contributed by atoms with van der Waals surface area (Å²) in [5, 5.41) is 11.3. The summed E-state index contributed by atoms with van der Waals surface area (Å²) in [6.45, 7) is 6.17. The number of methoxy groups -OCH3 is 2. The molecule has 4 rings (SSSR count). The minimum absolute atomic E-state index is 0.0401. The molecular formula is C27H32N2O7. The number of ether oxygens (including phenoxy) is 4. The number of hydrogen-bond acceptors (Lipinski definition) is 8. The zero-order chi connectivity index (χ0) is 25.7. The minimum atomic E-state index is -0.741. The van der Waals surface area contributed by atoms with Gasteiger partial charge in [-0.05, 0) is 42.8 Å². The Bertz CT molecular complexity index is 1120. The molecular weight excluding hydrogens is 464 g/mol. The van der Waals surface area contributed by atoms with Crippen LogP contribution < -0.4 is 14.2 Å². The minimum Gasteiger partial charge on any atom is -0.507 e. The predicted molar refractivity (Wildman–Crippen MR) is 133 cm³/mol. The summed E-state index contributed by atoms with van der Waals surface area (Å²) in [6, 6.07) is 11.4. The molecule has 1 atom stereocenters. The molecule has 2 aromatic carbocycles. The fourth-order valence-corrected chi connectivity index (χ4v) is 4.58. The molecule has 1 amide bonds. The third-order valence-corrected chi connectivity index (χ3v) is 6.46. The van der Waals surface area contributed by atoms with E-state index in [1.807, 2.05) is 19.1 Å². The van der Waals surface area contributed by atoms with Gasteiger partial charge in [0.15, 0.2) is 11.5 Å². The van der Waals surface area contributed by atoms with Crippen LogP contribution in [0.15, 0.2) is 48.0 Å². The van der Waals surface area contributed by atoms with E-state index in [0.29, 0.717) is 61.3 Å². The highest BCUT2D eigenvalue weighted by atomic mass is 16.5. The van der Waals surface area contributed by atoms with Gasteiger partial charge in [-0.25, -0.2) is 0 Å². The first-order chi connectivity index (χ1) is 17.5. The van der Waals surface area contributed by atoms with Gasteiger partial charge < -0.3 is 29.0 Å². The first kappa shape index (κ1) is 25.5. The molecule has 1 N–H and O–H groups in total. The maximum atomic E-state index is 13.3. The van der Waals surface area contributed by atoms with Gasteiger partial charge in [-0.2, -0.15) is 0 Å². The van der Waals surface area contributed by atoms with Gasteiger partial charge in [-0.15, -0.1) is 0 Å². The van der Waals surface area contributed by atoms with Gasteiger partial charge in [-0.3, -0.25) is 14.5 Å². The molecule has 0 bridgehead atoms. The van der Waals surface area contributed by atoms with Gasteiger partial charge in [-0.1, -0.05) is 12.1 Å². The number of amides is 1. The van der Waals surface area contributed by atoms with Gasteiger partial charge in [0.2, 0.25) is 0 Å². The Morgan fingerprint density at radius 1 is 1.00 bits per heavy atom. The van der Waals surface area contributed by atoms with E-state index in [9.17, 15) is 14.7 Å². The van der Waals surface area contributed by atoms with Crippen molar-refractivity contribution in [1.82, 2.24) is 9.80 Å². The monoisotopic (exact) mass is 496 g/mol. The highest BCUT2D eigenvalue weighted by molar-refractivity contribution is 6.46. The van der Waals surface area contributed by atoms with Crippen molar-refractivity contribution in [2.24, 2.45) is 0 Å². The lowest BCUT2D eigenvalue weighted by atomic mass is 9.95. The third-order valence-electron chi connectivity index (χ3n) is 6.46. The van der Waals surface area contributed by atoms with E-state index in [-0.39, 0.29) is 11.3 Å². The zero-order valence-corrected chi connectivity index (χ0v) is 20.9. The second-order valence-electron chi connectivity index (χ2n) is 8.52. The van der Waals surface area contributed by atoms with E-state index in [1.54, 1.807) is 35.2 Å². The van der Waals surface area contributed by atoms with Crippen molar-refractivity contribution in [2.45, 2.75) is 13.0 Å². The average molecular weight is 497 g/mol. The van der Waals surface area contributed by atoms with Crippen LogP contribution >= 0.6 is 0 Å². The molecule has 192 valence electrons. The number of likely N-dealkylation sites (tertiary alicyclic amines) is 1. The topological polar surface area (TPSA) is 97.8 Å². The molecule has 36 heavy (non-hydrogen) atoms. The fraction of sp³-hybridized carbons (Fsp3) is 0.407. The lowest BCUT2D eigenvalue weighted by molar-refractivity contribution is -0.140. The number of hydrogen-bond donors (Lipinski definition) is 1. The second kappa shape index (κ2) is 11.5. The summed E-state index contributed by atoms with van der Waals surface area (Å²) >= 11 is 0. The molecule has 2 heterocycles. The van der Waals surface area contributed by atoms with Crippen LogP contribution in [0.2, 0.25) is 0 Å². The number of ketones is 1. The van der Waals surface area contributed by atoms with Crippen LogP contribution in [0, 0.1) is 0 Å². The second-order valence-corrected chi connectivity index (χ2v) is 8.52. The summed E-state index contributed by atoms with van der Waals surface area (Å²) in [4.78, 5) is 30.3. The van der Waals surface area contributed by atoms with Crippen LogP contribution in [-0.4, -0.2) is 86.8 Å². The standard InChI is InChI=1S/C27H32N2O7/c1-4-36-20-8-5-18(6-9-20)24-23(25(30)19-7-10-21(33-2)22(17-19)34-3)26(31)27(32)29(24)12-11-28-13-15-35-16-14-28/h5-10,17,24,30H,4,11-16H2,1-3H3/b25-23+/t24-/m1/s1. The molecule has 2 aliphatic heterocycles. The van der Waals surface area contributed by atoms with Crippen molar-refractivity contribution in [3.05, 3.63) is 59.2 Å². The van der Waals surface area contributed by atoms with Gasteiger partial charge in [0.25, 0.3) is 11.7 Å². The van der Waals surface area contributed by atoms with E-state index in [2.05, 4.69) is 4.90 Å². The van der Waals surface area contributed by atoms with Crippen LogP contribution in [0.3, 0.4) is 0 Å². The first-order valence-electron chi connectivity index (χ1n) is 12.0. The van der Waals surface area contributed by atoms with Crippen LogP contribution in [0.4, 0.5) is 0 Å². The molecule has 9 nitrogen and oxygen atoms in total. The molecule has 0 aliphatic carbocycles. The molecule has 9 heteroatoms. The van der Waals surface area contributed by atoms with Crippen molar-refractivity contribution < 1.29 is 33.6 Å². The Morgan fingerprint density at radius 2 is 1.69 bits per heavy atom. The summed E-state index contributed by atoms with van der Waals surface area (Å²) in [7, 11) is 3.01. The molecule has 0 aromatic heterocycles. The Morgan fingerprint density at radius 3 is 2.33 bits per heavy atom. The molecule has 0 unspecified atom stereocenters. The van der Waals surface area contributed by atoms with Crippen LogP contribution in [0.5, 0.6) is 17.2 Å². The van der Waals surface area contributed by atoms with E-state index in [0.717, 1.165) is 13.1 Å². The fourth-order valence-electron chi connectivity index (χ4n) is 4.58. The summed E-state index contributed by atoms with van der Waals surface area (Å²) in [5.41, 5.74) is 1.11. The van der Waals surface area contributed by atoms with E-state index in [1.165, 1.54) is 14.2 Å². The number of benzene rings is 2. The van der Waals surface area contributed by atoms with Gasteiger partial charge in [0.05, 0.1) is 45.7 Å². The first-order valence-corrected chi connectivity index (χ1v) is 12.0. The van der Waals surface area contributed by atoms with Crippen LogP contribution in [0.25, 0.3) is 5.76 Å². The number of Topliss-reactive ketones (excluding diaryl/α,β-unsaturated/α-hetero) is 1. The lowest BCUT2D eigenvalue weighted by Crippen LogP contribution is -2.42. The normalized spacial score (nSPS) is 20.0. The van der Waals surface area contributed by atoms with Gasteiger partial charge in [0.1, 0.15) is 11.5 Å². The molecule has 0 saturated carbocycles. The highest BCUT2D eigenvalue weighted by Gasteiger charge is 2.46. The largest absolute Gasteiger partial charge is 0.507 e. The summed E-state index contributed by atoms with van der Waals surface area (Å²) < 4.78 is 21.6. The molecule has 2 aromatic rings. The zero-order valence-electron chi connectivity index (χ0n) is 20.9. The van der Waals surface area contributed by atoms with Crippen LogP contribution in [0.1, 0.15) is 24.1 Å². The van der Waals surface area contributed by atoms with E-state index >= 15 is 0 Å². The molecule has 0 radical (unpaired) electrons. The quantitative estimate of drug-likeness (QED) is 0.322. The van der Waals surface area contributed by atoms with Crippen LogP contribution in [-0.2, 0) is 14.3 Å². The number of morpholine rings is 1. The molecule has 2 saturated heterocycles. The number of carbonyl (C=O) groups excluding carboxylic acids is 2. The SMILES string of the molecule is CCOc1ccc([C@@H]2/C(=C(\O)c3ccc(OC)c(OC)c3)C(=O)C(=O)N2CCN2CCOCC2)cc1. The van der Waals surface area contributed by atoms with Crippen molar-refractivity contribution in [3.63, 3.8) is 0 Å². The maximum Gasteiger partial charge on any atom is 0.295 e. The van der Waals surface area contributed by atoms with E-state index in [4.69, 9.17) is 18.9 Å². The summed E-state index contributed by atoms with van der Waals surface area (Å²) in [5.74, 6) is -0.0374. The number of aliphatic hydroxyl groups is 1. The highest BCUT2D eigenvalue weighted by Crippen LogP contribution is 2.41. The van der Waals surface area contributed by atoms with E-state index < -0.39 is 17.7 Å². The maximum absolute atomic E-state index is 13.3. The Hall–Kier alpha value is -3.56. The molecule has 0 spiro atoms. The van der Waals surface area contributed by atoms with Crippen molar-refractivity contribution in [2.75, 3.05) is 60.2 Å². The van der Waals surface area contributed by atoms with Gasteiger partial charge in [0, 0.05) is 31.7 Å². The smallest absolute Gasteiger partial charge is 0.295 e. The summed E-state index contributed by atoms with van der Waals surface area (Å²) in [6.07, 6.45) is 0. The van der Waals surface area contributed by atoms with Crippen molar-refractivity contribution in [3.8, 4) is 17.2 Å².